The summed E-state index contributed by atoms with van der Waals surface area (Å²) >= 11 is 0. The highest BCUT2D eigenvalue weighted by Gasteiger charge is 2.52. The molecule has 0 aromatic carbocycles. The number of aromatic nitrogens is 2. The monoisotopic (exact) mass is 283 g/mol. The number of hydrogen-bond donors (Lipinski definition) is 1. The Labute approximate surface area is 121 Å². The Hall–Kier alpha value is -2.76. The van der Waals surface area contributed by atoms with Crippen LogP contribution in [0.2, 0.25) is 0 Å². The molecule has 0 bridgehead atoms. The Balaban J connectivity index is 1.84. The Morgan fingerprint density at radius 2 is 1.95 bits per heavy atom. The van der Waals surface area contributed by atoms with Crippen LogP contribution in [-0.2, 0) is 5.41 Å². The average Bonchev–Trinajstić information content (AvgIpc) is 3.29. The van der Waals surface area contributed by atoms with E-state index >= 15 is 0 Å². The Morgan fingerprint density at radius 1 is 1.14 bits per heavy atom. The summed E-state index contributed by atoms with van der Waals surface area (Å²) in [6.07, 6.45) is 3.61. The first kappa shape index (κ1) is 13.2. The molecule has 3 rings (SSSR count). The molecule has 21 heavy (non-hydrogen) atoms. The van der Waals surface area contributed by atoms with E-state index in [2.05, 4.69) is 14.7 Å². The van der Waals surface area contributed by atoms with Crippen molar-refractivity contribution in [2.75, 3.05) is 0 Å². The third-order valence-corrected chi connectivity index (χ3v) is 3.53. The molecule has 0 aliphatic heterocycles. The molecule has 0 spiro atoms. The van der Waals surface area contributed by atoms with Gasteiger partial charge >= 0.3 is 6.09 Å². The first-order chi connectivity index (χ1) is 10.1. The number of rotatable bonds is 4. The number of nitrogens with zero attached hydrogens (tertiary/aromatic N) is 2. The van der Waals surface area contributed by atoms with Crippen LogP contribution in [0.15, 0.2) is 42.7 Å². The van der Waals surface area contributed by atoms with Crippen molar-refractivity contribution in [3.05, 3.63) is 54.1 Å². The zero-order valence-electron chi connectivity index (χ0n) is 11.2. The SMILES string of the molecule is NC(=O)Oc1ccc(C(=O)C2(c3ccccn3)CC2)nc1. The van der Waals surface area contributed by atoms with Crippen molar-refractivity contribution in [2.45, 2.75) is 18.3 Å². The maximum absolute atomic E-state index is 12.6. The van der Waals surface area contributed by atoms with Gasteiger partial charge in [-0.3, -0.25) is 9.78 Å². The van der Waals surface area contributed by atoms with E-state index in [0.29, 0.717) is 5.69 Å². The van der Waals surface area contributed by atoms with E-state index < -0.39 is 11.5 Å². The number of ketones is 1. The van der Waals surface area contributed by atoms with Crippen LogP contribution >= 0.6 is 0 Å². The zero-order chi connectivity index (χ0) is 14.9. The lowest BCUT2D eigenvalue weighted by molar-refractivity contribution is 0.0939. The van der Waals surface area contributed by atoms with Crippen molar-refractivity contribution < 1.29 is 14.3 Å². The van der Waals surface area contributed by atoms with Crippen molar-refractivity contribution in [2.24, 2.45) is 5.73 Å². The summed E-state index contributed by atoms with van der Waals surface area (Å²) in [5.74, 6) is 0.147. The van der Waals surface area contributed by atoms with Gasteiger partial charge in [-0.1, -0.05) is 6.07 Å². The second-order valence-corrected chi connectivity index (χ2v) is 4.93. The van der Waals surface area contributed by atoms with Gasteiger partial charge in [0.2, 0.25) is 0 Å². The van der Waals surface area contributed by atoms with Gasteiger partial charge in [0, 0.05) is 6.20 Å². The number of amides is 1. The minimum absolute atomic E-state index is 0.0631. The highest BCUT2D eigenvalue weighted by molar-refractivity contribution is 6.04. The quantitative estimate of drug-likeness (QED) is 0.864. The Bertz CT molecular complexity index is 679. The summed E-state index contributed by atoms with van der Waals surface area (Å²) in [5, 5.41) is 0. The lowest BCUT2D eigenvalue weighted by Crippen LogP contribution is -2.23. The fraction of sp³-hybridized carbons (Fsp3) is 0.200. The molecule has 2 N–H and O–H groups in total. The number of hydrogen-bond acceptors (Lipinski definition) is 5. The van der Waals surface area contributed by atoms with Crippen LogP contribution in [-0.4, -0.2) is 21.8 Å². The Morgan fingerprint density at radius 3 is 2.48 bits per heavy atom. The number of ether oxygens (including phenoxy) is 1. The maximum Gasteiger partial charge on any atom is 0.410 e. The molecule has 0 radical (unpaired) electrons. The van der Waals surface area contributed by atoms with Crippen LogP contribution in [0.5, 0.6) is 5.75 Å². The molecule has 6 heteroatoms. The molecule has 1 amide bonds. The van der Waals surface area contributed by atoms with Gasteiger partial charge < -0.3 is 10.5 Å². The minimum Gasteiger partial charge on any atom is -0.409 e. The summed E-state index contributed by atoms with van der Waals surface area (Å²) in [4.78, 5) is 31.6. The van der Waals surface area contributed by atoms with E-state index in [1.54, 1.807) is 6.20 Å². The molecule has 0 atom stereocenters. The maximum atomic E-state index is 12.6. The van der Waals surface area contributed by atoms with E-state index in [1.807, 2.05) is 18.2 Å². The molecular formula is C15H13N3O3. The smallest absolute Gasteiger partial charge is 0.409 e. The van der Waals surface area contributed by atoms with Gasteiger partial charge in [0.15, 0.2) is 11.5 Å². The van der Waals surface area contributed by atoms with E-state index in [0.717, 1.165) is 18.5 Å². The van der Waals surface area contributed by atoms with Crippen LogP contribution in [0, 0.1) is 0 Å². The lowest BCUT2D eigenvalue weighted by atomic mass is 9.93. The van der Waals surface area contributed by atoms with Crippen molar-refractivity contribution in [1.82, 2.24) is 9.97 Å². The highest BCUT2D eigenvalue weighted by Crippen LogP contribution is 2.49. The normalized spacial score (nSPS) is 15.2. The molecule has 6 nitrogen and oxygen atoms in total. The van der Waals surface area contributed by atoms with Gasteiger partial charge in [0.1, 0.15) is 5.69 Å². The standard InChI is InChI=1S/C15H13N3O3/c16-14(20)21-10-4-5-11(18-9-10)13(19)15(6-7-15)12-3-1-2-8-17-12/h1-5,8-9H,6-7H2,(H2,16,20). The fourth-order valence-corrected chi connectivity index (χ4v) is 2.31. The first-order valence-corrected chi connectivity index (χ1v) is 6.51. The average molecular weight is 283 g/mol. The second kappa shape index (κ2) is 4.97. The molecule has 0 saturated heterocycles. The molecule has 1 fully saturated rings. The predicted octanol–water partition coefficient (Wildman–Crippen LogP) is 1.85. The number of primary amides is 1. The van der Waals surface area contributed by atoms with Gasteiger partial charge in [-0.25, -0.2) is 9.78 Å². The summed E-state index contributed by atoms with van der Waals surface area (Å²) in [6.45, 7) is 0. The van der Waals surface area contributed by atoms with E-state index in [9.17, 15) is 9.59 Å². The van der Waals surface area contributed by atoms with Crippen molar-refractivity contribution in [1.29, 1.82) is 0 Å². The van der Waals surface area contributed by atoms with E-state index in [1.165, 1.54) is 18.3 Å². The molecule has 2 aromatic heterocycles. The first-order valence-electron chi connectivity index (χ1n) is 6.51. The molecule has 1 saturated carbocycles. The van der Waals surface area contributed by atoms with Gasteiger partial charge in [-0.2, -0.15) is 0 Å². The number of carbonyl (C=O) groups excluding carboxylic acids is 2. The van der Waals surface area contributed by atoms with Crippen LogP contribution in [0.1, 0.15) is 29.0 Å². The summed E-state index contributed by atoms with van der Waals surface area (Å²) in [6, 6.07) is 8.57. The molecule has 2 heterocycles. The van der Waals surface area contributed by atoms with Crippen molar-refractivity contribution >= 4 is 11.9 Å². The Kier molecular flexibility index (Phi) is 3.13. The van der Waals surface area contributed by atoms with Gasteiger partial charge in [0.25, 0.3) is 0 Å². The van der Waals surface area contributed by atoms with Crippen LogP contribution in [0.25, 0.3) is 0 Å². The number of carbonyl (C=O) groups is 2. The molecule has 0 unspecified atom stereocenters. The lowest BCUT2D eigenvalue weighted by Gasteiger charge is -2.12. The topological polar surface area (TPSA) is 95.2 Å². The van der Waals surface area contributed by atoms with E-state index in [-0.39, 0.29) is 11.5 Å². The fourth-order valence-electron chi connectivity index (χ4n) is 2.31. The van der Waals surface area contributed by atoms with Crippen molar-refractivity contribution in [3.8, 4) is 5.75 Å². The minimum atomic E-state index is -0.914. The zero-order valence-corrected chi connectivity index (χ0v) is 11.2. The van der Waals surface area contributed by atoms with Crippen molar-refractivity contribution in [3.63, 3.8) is 0 Å². The number of Topliss-reactive ketones (excluding diaryl/α,β-unsaturated/α-hetero) is 1. The van der Waals surface area contributed by atoms with Gasteiger partial charge in [0.05, 0.1) is 17.3 Å². The molecule has 1 aliphatic carbocycles. The predicted molar refractivity (Wildman–Crippen MR) is 73.9 cm³/mol. The summed E-state index contributed by atoms with van der Waals surface area (Å²) < 4.78 is 4.69. The largest absolute Gasteiger partial charge is 0.410 e. The van der Waals surface area contributed by atoms with E-state index in [4.69, 9.17) is 5.73 Å². The molecule has 106 valence electrons. The summed E-state index contributed by atoms with van der Waals surface area (Å²) in [7, 11) is 0. The third-order valence-electron chi connectivity index (χ3n) is 3.53. The van der Waals surface area contributed by atoms with Gasteiger partial charge in [-0.15, -0.1) is 0 Å². The third kappa shape index (κ3) is 2.47. The van der Waals surface area contributed by atoms with Crippen LogP contribution in [0.3, 0.4) is 0 Å². The summed E-state index contributed by atoms with van der Waals surface area (Å²) in [5.41, 5.74) is 5.46. The molecular weight excluding hydrogens is 270 g/mol. The number of nitrogens with two attached hydrogens (primary N) is 1. The van der Waals surface area contributed by atoms with Crippen LogP contribution in [0.4, 0.5) is 4.79 Å². The van der Waals surface area contributed by atoms with Gasteiger partial charge in [-0.05, 0) is 37.1 Å². The number of pyridine rings is 2. The second-order valence-electron chi connectivity index (χ2n) is 4.93. The molecule has 1 aliphatic rings. The highest BCUT2D eigenvalue weighted by atomic mass is 16.5. The van der Waals surface area contributed by atoms with Crippen LogP contribution < -0.4 is 10.5 Å². The molecule has 2 aromatic rings.